The lowest BCUT2D eigenvalue weighted by molar-refractivity contribution is 0.139. The fourth-order valence-corrected chi connectivity index (χ4v) is 1.93. The lowest BCUT2D eigenvalue weighted by Crippen LogP contribution is -2.31. The first-order valence-electron chi connectivity index (χ1n) is 5.51. The summed E-state index contributed by atoms with van der Waals surface area (Å²) in [5.41, 5.74) is 0.691. The molecule has 0 aliphatic carbocycles. The second kappa shape index (κ2) is 7.45. The van der Waals surface area contributed by atoms with Gasteiger partial charge in [0.1, 0.15) is 0 Å². The van der Waals surface area contributed by atoms with Gasteiger partial charge in [0.25, 0.3) is 0 Å². The summed E-state index contributed by atoms with van der Waals surface area (Å²) in [6, 6.07) is 4.94. The van der Waals surface area contributed by atoms with E-state index in [1.807, 2.05) is 0 Å². The first-order valence-corrected chi connectivity index (χ1v) is 6.39. The molecular weight excluding hydrogens is 257 g/mol. The first kappa shape index (κ1) is 15.1. The minimum Gasteiger partial charge on any atom is -0.493 e. The van der Waals surface area contributed by atoms with Gasteiger partial charge in [0.15, 0.2) is 11.5 Å². The maximum absolute atomic E-state index is 12.0. The molecule has 0 fully saturated rings. The van der Waals surface area contributed by atoms with Gasteiger partial charge in [0, 0.05) is 6.04 Å². The second-order valence-electron chi connectivity index (χ2n) is 3.81. The fraction of sp³-hybridized carbons (Fsp3) is 0.500. The molecule has 102 valence electrons. The van der Waals surface area contributed by atoms with Crippen LogP contribution in [0.15, 0.2) is 18.2 Å². The van der Waals surface area contributed by atoms with E-state index in [1.165, 1.54) is 7.11 Å². The summed E-state index contributed by atoms with van der Waals surface area (Å²) in [4.78, 5) is 0. The van der Waals surface area contributed by atoms with E-state index >= 15 is 0 Å². The van der Waals surface area contributed by atoms with Gasteiger partial charge in [0.2, 0.25) is 0 Å². The zero-order valence-electron chi connectivity index (χ0n) is 10.6. The number of hydrogen-bond acceptors (Lipinski definition) is 5. The lowest BCUT2D eigenvalue weighted by atomic mass is 10.0. The molecule has 0 amide bonds. The number of ether oxygens (including phenoxy) is 2. The number of rotatable bonds is 7. The third-order valence-electron chi connectivity index (χ3n) is 2.68. The van der Waals surface area contributed by atoms with Crippen molar-refractivity contribution in [2.75, 3.05) is 20.1 Å². The van der Waals surface area contributed by atoms with Crippen LogP contribution in [-0.2, 0) is 0 Å². The monoisotopic (exact) mass is 275 g/mol. The van der Waals surface area contributed by atoms with Crippen molar-refractivity contribution in [1.29, 1.82) is 0 Å². The van der Waals surface area contributed by atoms with Crippen LogP contribution < -0.4 is 14.8 Å². The predicted molar refractivity (Wildman–Crippen MR) is 70.7 cm³/mol. The minimum absolute atomic E-state index is 0.144. The quantitative estimate of drug-likeness (QED) is 0.748. The summed E-state index contributed by atoms with van der Waals surface area (Å²) in [6.45, 7) is 1.79. The molecule has 4 nitrogen and oxygen atoms in total. The SMILES string of the molecule is COc1ccc(C(O)C(C)NCSF)cc1OC. The Kier molecular flexibility index (Phi) is 6.24. The summed E-state index contributed by atoms with van der Waals surface area (Å²) in [7, 11) is 3.09. The van der Waals surface area contributed by atoms with Crippen LogP contribution in [-0.4, -0.2) is 31.2 Å². The maximum atomic E-state index is 12.0. The number of aliphatic hydroxyl groups is 1. The Labute approximate surface area is 111 Å². The van der Waals surface area contributed by atoms with Gasteiger partial charge in [-0.25, -0.2) is 0 Å². The van der Waals surface area contributed by atoms with Gasteiger partial charge < -0.3 is 19.9 Å². The Balaban J connectivity index is 2.82. The van der Waals surface area contributed by atoms with Gasteiger partial charge >= 0.3 is 0 Å². The number of halogens is 1. The fourth-order valence-electron chi connectivity index (χ4n) is 1.60. The molecule has 0 saturated heterocycles. The van der Waals surface area contributed by atoms with E-state index in [9.17, 15) is 8.99 Å². The van der Waals surface area contributed by atoms with Crippen molar-refractivity contribution in [3.63, 3.8) is 0 Å². The van der Waals surface area contributed by atoms with Gasteiger partial charge in [-0.2, -0.15) is 3.89 Å². The summed E-state index contributed by atoms with van der Waals surface area (Å²) in [5.74, 6) is 1.31. The number of benzene rings is 1. The Bertz CT molecular complexity index is 378. The molecule has 0 aromatic heterocycles. The molecule has 1 rings (SSSR count). The number of hydrogen-bond donors (Lipinski definition) is 2. The molecule has 2 atom stereocenters. The standard InChI is InChI=1S/C12H18FNO3S/c1-8(14-7-18-13)12(15)9-4-5-10(16-2)11(6-9)17-3/h4-6,8,12,14-15H,7H2,1-3H3. The van der Waals surface area contributed by atoms with Crippen LogP contribution in [0.2, 0.25) is 0 Å². The molecule has 18 heavy (non-hydrogen) atoms. The van der Waals surface area contributed by atoms with Gasteiger partial charge in [-0.05, 0) is 24.6 Å². The van der Waals surface area contributed by atoms with E-state index in [0.717, 1.165) is 0 Å². The molecule has 0 spiro atoms. The zero-order valence-corrected chi connectivity index (χ0v) is 11.5. The van der Waals surface area contributed by atoms with E-state index in [2.05, 4.69) is 5.32 Å². The van der Waals surface area contributed by atoms with E-state index in [4.69, 9.17) is 9.47 Å². The topological polar surface area (TPSA) is 50.7 Å². The van der Waals surface area contributed by atoms with Crippen LogP contribution in [0.1, 0.15) is 18.6 Å². The minimum atomic E-state index is -0.739. The Hall–Kier alpha value is -0.980. The van der Waals surface area contributed by atoms with E-state index in [0.29, 0.717) is 17.1 Å². The van der Waals surface area contributed by atoms with Crippen molar-refractivity contribution in [3.8, 4) is 11.5 Å². The van der Waals surface area contributed by atoms with E-state index < -0.39 is 6.10 Å². The normalized spacial score (nSPS) is 14.1. The maximum Gasteiger partial charge on any atom is 0.161 e. The molecule has 0 aliphatic rings. The number of aliphatic hydroxyl groups excluding tert-OH is 1. The molecule has 0 bridgehead atoms. The molecule has 0 radical (unpaired) electrons. The zero-order chi connectivity index (χ0) is 13.5. The third-order valence-corrected chi connectivity index (χ3v) is 2.96. The van der Waals surface area contributed by atoms with Gasteiger partial charge in [-0.3, -0.25) is 0 Å². The highest BCUT2D eigenvalue weighted by Crippen LogP contribution is 2.30. The van der Waals surface area contributed by atoms with Gasteiger partial charge in [-0.1, -0.05) is 6.07 Å². The Morgan fingerprint density at radius 2 is 2.00 bits per heavy atom. The summed E-state index contributed by atoms with van der Waals surface area (Å²) in [6.07, 6.45) is -0.739. The van der Waals surface area contributed by atoms with Crippen molar-refractivity contribution < 1.29 is 18.5 Å². The van der Waals surface area contributed by atoms with Crippen molar-refractivity contribution in [3.05, 3.63) is 23.8 Å². The van der Waals surface area contributed by atoms with Crippen molar-refractivity contribution in [2.45, 2.75) is 19.1 Å². The summed E-state index contributed by atoms with van der Waals surface area (Å²) in [5, 5.41) is 13.0. The van der Waals surface area contributed by atoms with Crippen molar-refractivity contribution in [1.82, 2.24) is 5.32 Å². The van der Waals surface area contributed by atoms with Crippen LogP contribution in [0, 0.1) is 0 Å². The molecule has 0 heterocycles. The molecule has 1 aromatic carbocycles. The number of nitrogens with one attached hydrogen (secondary N) is 1. The molecular formula is C12H18FNO3S. The van der Waals surface area contributed by atoms with E-state index in [-0.39, 0.29) is 24.1 Å². The van der Waals surface area contributed by atoms with Crippen LogP contribution >= 0.6 is 12.1 Å². The van der Waals surface area contributed by atoms with Gasteiger partial charge in [0.05, 0.1) is 38.3 Å². The number of methoxy groups -OCH3 is 2. The van der Waals surface area contributed by atoms with Crippen LogP contribution in [0.3, 0.4) is 0 Å². The Morgan fingerprint density at radius 1 is 1.33 bits per heavy atom. The molecule has 0 aliphatic heterocycles. The van der Waals surface area contributed by atoms with Gasteiger partial charge in [-0.15, -0.1) is 0 Å². The largest absolute Gasteiger partial charge is 0.493 e. The second-order valence-corrected chi connectivity index (χ2v) is 4.31. The average molecular weight is 275 g/mol. The molecule has 2 N–H and O–H groups in total. The summed E-state index contributed by atoms with van der Waals surface area (Å²) >= 11 is 0.189. The van der Waals surface area contributed by atoms with Crippen molar-refractivity contribution in [2.24, 2.45) is 0 Å². The smallest absolute Gasteiger partial charge is 0.161 e. The molecule has 1 aromatic rings. The predicted octanol–water partition coefficient (Wildman–Crippen LogP) is 2.29. The highest BCUT2D eigenvalue weighted by molar-refractivity contribution is 7.94. The Morgan fingerprint density at radius 3 is 2.56 bits per heavy atom. The third kappa shape index (κ3) is 3.76. The molecule has 0 saturated carbocycles. The highest BCUT2D eigenvalue weighted by atomic mass is 32.2. The van der Waals surface area contributed by atoms with Crippen molar-refractivity contribution >= 4 is 12.1 Å². The lowest BCUT2D eigenvalue weighted by Gasteiger charge is -2.20. The summed E-state index contributed by atoms with van der Waals surface area (Å²) < 4.78 is 22.3. The van der Waals surface area contributed by atoms with E-state index in [1.54, 1.807) is 32.2 Å². The molecule has 2 unspecified atom stereocenters. The highest BCUT2D eigenvalue weighted by Gasteiger charge is 2.17. The molecule has 6 heteroatoms. The first-order chi connectivity index (χ1) is 8.63. The van der Waals surface area contributed by atoms with Crippen LogP contribution in [0.4, 0.5) is 3.89 Å². The van der Waals surface area contributed by atoms with Crippen LogP contribution in [0.5, 0.6) is 11.5 Å². The van der Waals surface area contributed by atoms with Crippen LogP contribution in [0.25, 0.3) is 0 Å². The average Bonchev–Trinajstić information content (AvgIpc) is 2.42.